The molecule has 1 aliphatic carbocycles. The number of hydrogen-bond acceptors (Lipinski definition) is 3. The Labute approximate surface area is 82.8 Å². The Balaban J connectivity index is 2.00. The van der Waals surface area contributed by atoms with Gasteiger partial charge in [-0.3, -0.25) is 0 Å². The van der Waals surface area contributed by atoms with Crippen molar-refractivity contribution in [3.05, 3.63) is 17.1 Å². The molecule has 1 aromatic rings. The van der Waals surface area contributed by atoms with Gasteiger partial charge in [0.1, 0.15) is 0 Å². The summed E-state index contributed by atoms with van der Waals surface area (Å²) in [6, 6.07) is 1.99. The van der Waals surface area contributed by atoms with Crippen molar-refractivity contribution in [1.29, 1.82) is 0 Å². The molecule has 0 saturated heterocycles. The zero-order chi connectivity index (χ0) is 9.47. The van der Waals surface area contributed by atoms with Crippen molar-refractivity contribution in [2.24, 2.45) is 11.8 Å². The minimum atomic E-state index is -0.522. The molecule has 3 atom stereocenters. The highest BCUT2D eigenvalue weighted by atomic mass is 32.1. The van der Waals surface area contributed by atoms with Crippen LogP contribution in [-0.4, -0.2) is 15.1 Å². The Kier molecular flexibility index (Phi) is 2.16. The van der Waals surface area contributed by atoms with E-state index in [1.165, 1.54) is 22.8 Å². The minimum Gasteiger partial charge on any atom is -0.390 e. The fraction of sp³-hybridized carbons (Fsp3) is 0.700. The molecule has 1 aromatic heterocycles. The normalized spacial score (nSPS) is 31.3. The molecule has 3 unspecified atom stereocenters. The maximum atomic E-state index is 10.2. The van der Waals surface area contributed by atoms with Gasteiger partial charge < -0.3 is 5.11 Å². The van der Waals surface area contributed by atoms with Crippen molar-refractivity contribution in [1.82, 2.24) is 4.37 Å². The highest BCUT2D eigenvalue weighted by molar-refractivity contribution is 7.05. The Morgan fingerprint density at radius 1 is 1.77 bits per heavy atom. The lowest BCUT2D eigenvalue weighted by Gasteiger charge is -2.22. The van der Waals surface area contributed by atoms with E-state index >= 15 is 0 Å². The van der Waals surface area contributed by atoms with Crippen LogP contribution >= 0.6 is 11.5 Å². The van der Waals surface area contributed by atoms with Crippen molar-refractivity contribution in [2.75, 3.05) is 0 Å². The zero-order valence-corrected chi connectivity index (χ0v) is 8.84. The van der Waals surface area contributed by atoms with E-state index < -0.39 is 5.60 Å². The molecule has 1 heterocycles. The van der Waals surface area contributed by atoms with Crippen molar-refractivity contribution in [3.8, 4) is 0 Å². The maximum Gasteiger partial charge on any atom is 0.0699 e. The van der Waals surface area contributed by atoms with Gasteiger partial charge >= 0.3 is 0 Å². The van der Waals surface area contributed by atoms with Gasteiger partial charge in [-0.25, -0.2) is 4.37 Å². The number of aromatic nitrogens is 1. The third kappa shape index (κ3) is 1.92. The summed E-state index contributed by atoms with van der Waals surface area (Å²) < 4.78 is 4.04. The lowest BCUT2D eigenvalue weighted by molar-refractivity contribution is 0.0333. The van der Waals surface area contributed by atoms with Crippen LogP contribution in [0.25, 0.3) is 0 Å². The molecule has 1 fully saturated rings. The van der Waals surface area contributed by atoms with Gasteiger partial charge in [-0.15, -0.1) is 0 Å². The Bertz CT molecular complexity index is 281. The fourth-order valence-corrected chi connectivity index (χ4v) is 2.74. The van der Waals surface area contributed by atoms with E-state index in [-0.39, 0.29) is 0 Å². The van der Waals surface area contributed by atoms with Crippen molar-refractivity contribution < 1.29 is 5.11 Å². The molecule has 1 aliphatic rings. The Morgan fingerprint density at radius 2 is 2.46 bits per heavy atom. The molecule has 72 valence electrons. The minimum absolute atomic E-state index is 0.495. The van der Waals surface area contributed by atoms with Gasteiger partial charge in [-0.05, 0) is 42.8 Å². The zero-order valence-electron chi connectivity index (χ0n) is 8.03. The van der Waals surface area contributed by atoms with Crippen LogP contribution in [-0.2, 0) is 6.42 Å². The van der Waals surface area contributed by atoms with Gasteiger partial charge in [0.05, 0.1) is 5.60 Å². The predicted octanol–water partition coefficient (Wildman–Crippen LogP) is 2.09. The SMILES string of the molecule is CC1CC1C(C)(O)Cc1ccns1. The summed E-state index contributed by atoms with van der Waals surface area (Å²) in [5.41, 5.74) is -0.522. The lowest BCUT2D eigenvalue weighted by atomic mass is 9.94. The van der Waals surface area contributed by atoms with Gasteiger partial charge in [0.15, 0.2) is 0 Å². The fourth-order valence-electron chi connectivity index (χ4n) is 2.01. The smallest absolute Gasteiger partial charge is 0.0699 e. The summed E-state index contributed by atoms with van der Waals surface area (Å²) in [6.45, 7) is 4.15. The van der Waals surface area contributed by atoms with Crippen molar-refractivity contribution in [2.45, 2.75) is 32.3 Å². The first-order chi connectivity index (χ1) is 6.09. The maximum absolute atomic E-state index is 10.2. The quantitative estimate of drug-likeness (QED) is 0.805. The molecule has 2 nitrogen and oxygen atoms in total. The third-order valence-electron chi connectivity index (χ3n) is 2.93. The molecule has 0 aromatic carbocycles. The Morgan fingerprint density at radius 3 is 2.92 bits per heavy atom. The average Bonchev–Trinajstić information content (AvgIpc) is 2.60. The van der Waals surface area contributed by atoms with Crippen LogP contribution in [0.5, 0.6) is 0 Å². The van der Waals surface area contributed by atoms with Gasteiger partial charge in [-0.1, -0.05) is 6.92 Å². The van der Waals surface area contributed by atoms with E-state index in [2.05, 4.69) is 11.3 Å². The molecule has 13 heavy (non-hydrogen) atoms. The predicted molar refractivity (Wildman–Crippen MR) is 53.7 cm³/mol. The molecule has 1 saturated carbocycles. The largest absolute Gasteiger partial charge is 0.390 e. The van der Waals surface area contributed by atoms with Gasteiger partial charge in [0, 0.05) is 17.5 Å². The molecule has 0 bridgehead atoms. The van der Waals surface area contributed by atoms with Crippen LogP contribution in [0.3, 0.4) is 0 Å². The van der Waals surface area contributed by atoms with Crippen LogP contribution < -0.4 is 0 Å². The van der Waals surface area contributed by atoms with Crippen molar-refractivity contribution >= 4 is 11.5 Å². The first-order valence-corrected chi connectivity index (χ1v) is 5.49. The van der Waals surface area contributed by atoms with E-state index in [0.717, 1.165) is 6.42 Å². The van der Waals surface area contributed by atoms with Crippen LogP contribution in [0.15, 0.2) is 12.3 Å². The van der Waals surface area contributed by atoms with E-state index in [4.69, 9.17) is 0 Å². The van der Waals surface area contributed by atoms with E-state index in [1.54, 1.807) is 6.20 Å². The van der Waals surface area contributed by atoms with Crippen LogP contribution in [0.2, 0.25) is 0 Å². The number of aliphatic hydroxyl groups is 1. The number of nitrogens with zero attached hydrogens (tertiary/aromatic N) is 1. The monoisotopic (exact) mass is 197 g/mol. The standard InChI is InChI=1S/C10H15NOS/c1-7-5-9(7)10(2,12)6-8-3-4-11-13-8/h3-4,7,9,12H,5-6H2,1-2H3. The second-order valence-corrected chi connectivity index (χ2v) is 5.25. The highest BCUT2D eigenvalue weighted by Gasteiger charge is 2.46. The summed E-state index contributed by atoms with van der Waals surface area (Å²) >= 11 is 1.49. The summed E-state index contributed by atoms with van der Waals surface area (Å²) in [7, 11) is 0. The summed E-state index contributed by atoms with van der Waals surface area (Å²) in [5, 5.41) is 10.2. The topological polar surface area (TPSA) is 33.1 Å². The molecule has 1 N–H and O–H groups in total. The lowest BCUT2D eigenvalue weighted by Crippen LogP contribution is -2.30. The summed E-state index contributed by atoms with van der Waals surface area (Å²) in [5.74, 6) is 1.19. The molecule has 0 aliphatic heterocycles. The first-order valence-electron chi connectivity index (χ1n) is 4.71. The molecule has 2 rings (SSSR count). The number of hydrogen-bond donors (Lipinski definition) is 1. The average molecular weight is 197 g/mol. The Hall–Kier alpha value is -0.410. The first kappa shape index (κ1) is 9.16. The van der Waals surface area contributed by atoms with Gasteiger partial charge in [0.25, 0.3) is 0 Å². The summed E-state index contributed by atoms with van der Waals surface area (Å²) in [6.07, 6.45) is 3.73. The van der Waals surface area contributed by atoms with E-state index in [9.17, 15) is 5.11 Å². The number of rotatable bonds is 3. The third-order valence-corrected chi connectivity index (χ3v) is 3.67. The van der Waals surface area contributed by atoms with Crippen LogP contribution in [0, 0.1) is 11.8 Å². The molecule has 3 heteroatoms. The van der Waals surface area contributed by atoms with Crippen molar-refractivity contribution in [3.63, 3.8) is 0 Å². The van der Waals surface area contributed by atoms with Crippen LogP contribution in [0.1, 0.15) is 25.1 Å². The molecule has 0 radical (unpaired) electrons. The second-order valence-electron chi connectivity index (χ2n) is 4.33. The van der Waals surface area contributed by atoms with E-state index in [0.29, 0.717) is 11.8 Å². The highest BCUT2D eigenvalue weighted by Crippen LogP contribution is 2.47. The van der Waals surface area contributed by atoms with Gasteiger partial charge in [-0.2, -0.15) is 0 Å². The van der Waals surface area contributed by atoms with E-state index in [1.807, 2.05) is 13.0 Å². The second kappa shape index (κ2) is 3.07. The van der Waals surface area contributed by atoms with Gasteiger partial charge in [0.2, 0.25) is 0 Å². The van der Waals surface area contributed by atoms with Crippen LogP contribution in [0.4, 0.5) is 0 Å². The molecular weight excluding hydrogens is 182 g/mol. The molecule has 0 amide bonds. The molecule has 0 spiro atoms. The molecular formula is C10H15NOS. The summed E-state index contributed by atoms with van der Waals surface area (Å²) in [4.78, 5) is 1.18.